The summed E-state index contributed by atoms with van der Waals surface area (Å²) in [7, 11) is 2.24. The molecule has 1 aliphatic rings. The van der Waals surface area contributed by atoms with Gasteiger partial charge in [-0.25, -0.2) is 0 Å². The molecule has 0 radical (unpaired) electrons. The van der Waals surface area contributed by atoms with Crippen LogP contribution in [0.4, 0.5) is 5.69 Å². The monoisotopic (exact) mass is 260 g/mol. The average Bonchev–Trinajstić information content (AvgIpc) is 2.76. The Hall–Kier alpha value is -1.02. The summed E-state index contributed by atoms with van der Waals surface area (Å²) in [5.41, 5.74) is 4.55. The molecule has 1 saturated heterocycles. The Labute approximate surface area is 118 Å². The lowest BCUT2D eigenvalue weighted by Crippen LogP contribution is -2.37. The maximum absolute atomic E-state index is 3.55. The molecule has 1 aromatic rings. The van der Waals surface area contributed by atoms with Crippen LogP contribution in [0.25, 0.3) is 0 Å². The van der Waals surface area contributed by atoms with Gasteiger partial charge in [-0.15, -0.1) is 0 Å². The third-order valence-electron chi connectivity index (χ3n) is 4.33. The molecule has 0 spiro atoms. The zero-order chi connectivity index (χ0) is 13.9. The summed E-state index contributed by atoms with van der Waals surface area (Å²) in [5, 5.41) is 3.55. The van der Waals surface area contributed by atoms with Gasteiger partial charge in [0.05, 0.1) is 0 Å². The van der Waals surface area contributed by atoms with Crippen molar-refractivity contribution in [2.24, 2.45) is 5.41 Å². The second kappa shape index (κ2) is 5.96. The molecule has 19 heavy (non-hydrogen) atoms. The number of rotatable bonds is 5. The first-order valence-electron chi connectivity index (χ1n) is 7.55. The molecule has 1 heterocycles. The molecule has 106 valence electrons. The molecule has 1 aliphatic heterocycles. The molecule has 0 aromatic heterocycles. The molecule has 1 N–H and O–H groups in total. The lowest BCUT2D eigenvalue weighted by atomic mass is 9.82. The minimum absolute atomic E-state index is 0.473. The van der Waals surface area contributed by atoms with E-state index < -0.39 is 0 Å². The normalized spacial score (nSPS) is 22.7. The standard InChI is InChI=1S/C17H28N2/c1-5-6-17(7-8-18-12-17)13-19(4)16-10-14(2)9-15(3)11-16/h9-11,18H,5-8,12-13H2,1-4H3. The van der Waals surface area contributed by atoms with Gasteiger partial charge < -0.3 is 10.2 Å². The molecular weight excluding hydrogens is 232 g/mol. The first-order chi connectivity index (χ1) is 9.04. The SMILES string of the molecule is CCCC1(CN(C)c2cc(C)cc(C)c2)CCNC1. The second-order valence-electron chi connectivity index (χ2n) is 6.38. The number of hydrogen-bond acceptors (Lipinski definition) is 2. The van der Waals surface area contributed by atoms with Gasteiger partial charge in [-0.2, -0.15) is 0 Å². The predicted octanol–water partition coefficient (Wildman–Crippen LogP) is 3.52. The first-order valence-corrected chi connectivity index (χ1v) is 7.55. The van der Waals surface area contributed by atoms with Crippen LogP contribution >= 0.6 is 0 Å². The highest BCUT2D eigenvalue weighted by atomic mass is 15.1. The first kappa shape index (κ1) is 14.4. The van der Waals surface area contributed by atoms with Gasteiger partial charge >= 0.3 is 0 Å². The highest BCUT2D eigenvalue weighted by Gasteiger charge is 2.34. The lowest BCUT2D eigenvalue weighted by Gasteiger charge is -2.34. The van der Waals surface area contributed by atoms with Crippen molar-refractivity contribution in [3.8, 4) is 0 Å². The van der Waals surface area contributed by atoms with Crippen LogP contribution in [-0.2, 0) is 0 Å². The fourth-order valence-corrected chi connectivity index (χ4v) is 3.52. The predicted molar refractivity (Wildman–Crippen MR) is 84.0 cm³/mol. The molecule has 0 bridgehead atoms. The summed E-state index contributed by atoms with van der Waals surface area (Å²) < 4.78 is 0. The third-order valence-corrected chi connectivity index (χ3v) is 4.33. The molecule has 1 unspecified atom stereocenters. The van der Waals surface area contributed by atoms with E-state index in [1.807, 2.05) is 0 Å². The van der Waals surface area contributed by atoms with E-state index in [0.29, 0.717) is 5.41 Å². The largest absolute Gasteiger partial charge is 0.374 e. The van der Waals surface area contributed by atoms with Crippen LogP contribution in [0.1, 0.15) is 37.3 Å². The van der Waals surface area contributed by atoms with Gasteiger partial charge in [0.15, 0.2) is 0 Å². The van der Waals surface area contributed by atoms with Crippen molar-refractivity contribution in [1.29, 1.82) is 0 Å². The van der Waals surface area contributed by atoms with E-state index in [4.69, 9.17) is 0 Å². The third kappa shape index (κ3) is 3.50. The maximum atomic E-state index is 3.55. The maximum Gasteiger partial charge on any atom is 0.0369 e. The Morgan fingerprint density at radius 2 is 1.89 bits per heavy atom. The lowest BCUT2D eigenvalue weighted by molar-refractivity contribution is 0.299. The number of benzene rings is 1. The van der Waals surface area contributed by atoms with Gasteiger partial charge in [0, 0.05) is 31.2 Å². The van der Waals surface area contributed by atoms with E-state index in [0.717, 1.165) is 6.54 Å². The molecule has 0 amide bonds. The summed E-state index contributed by atoms with van der Waals surface area (Å²) in [6.45, 7) is 10.2. The highest BCUT2D eigenvalue weighted by Crippen LogP contribution is 2.33. The van der Waals surface area contributed by atoms with Crippen LogP contribution in [0.5, 0.6) is 0 Å². The van der Waals surface area contributed by atoms with Gasteiger partial charge in [0.1, 0.15) is 0 Å². The van der Waals surface area contributed by atoms with Crippen molar-refractivity contribution in [3.63, 3.8) is 0 Å². The van der Waals surface area contributed by atoms with Gasteiger partial charge in [-0.3, -0.25) is 0 Å². The average molecular weight is 260 g/mol. The van der Waals surface area contributed by atoms with Crippen LogP contribution in [-0.4, -0.2) is 26.7 Å². The van der Waals surface area contributed by atoms with Gasteiger partial charge in [-0.05, 0) is 56.5 Å². The Morgan fingerprint density at radius 3 is 2.42 bits per heavy atom. The molecule has 2 heteroatoms. The Bertz CT molecular complexity index is 399. The zero-order valence-electron chi connectivity index (χ0n) is 12.9. The summed E-state index contributed by atoms with van der Waals surface area (Å²) in [6, 6.07) is 6.85. The van der Waals surface area contributed by atoms with Crippen molar-refractivity contribution in [3.05, 3.63) is 29.3 Å². The fraction of sp³-hybridized carbons (Fsp3) is 0.647. The summed E-state index contributed by atoms with van der Waals surface area (Å²) >= 11 is 0. The van der Waals surface area contributed by atoms with E-state index in [9.17, 15) is 0 Å². The van der Waals surface area contributed by atoms with E-state index in [1.165, 1.54) is 49.2 Å². The molecule has 2 nitrogen and oxygen atoms in total. The van der Waals surface area contributed by atoms with Gasteiger partial charge in [0.25, 0.3) is 0 Å². The summed E-state index contributed by atoms with van der Waals surface area (Å²) in [5.74, 6) is 0. The van der Waals surface area contributed by atoms with Crippen LogP contribution in [0.15, 0.2) is 18.2 Å². The van der Waals surface area contributed by atoms with E-state index >= 15 is 0 Å². The highest BCUT2D eigenvalue weighted by molar-refractivity contribution is 5.50. The van der Waals surface area contributed by atoms with Crippen LogP contribution in [0.3, 0.4) is 0 Å². The Kier molecular flexibility index (Phi) is 4.51. The topological polar surface area (TPSA) is 15.3 Å². The zero-order valence-corrected chi connectivity index (χ0v) is 12.9. The number of nitrogens with one attached hydrogen (secondary N) is 1. The van der Waals surface area contributed by atoms with E-state index in [1.54, 1.807) is 0 Å². The number of nitrogens with zero attached hydrogens (tertiary/aromatic N) is 1. The number of aryl methyl sites for hydroxylation is 2. The summed E-state index contributed by atoms with van der Waals surface area (Å²) in [4.78, 5) is 2.45. The van der Waals surface area contributed by atoms with Crippen LogP contribution in [0.2, 0.25) is 0 Å². The quantitative estimate of drug-likeness (QED) is 0.871. The van der Waals surface area contributed by atoms with Crippen molar-refractivity contribution in [2.75, 3.05) is 31.6 Å². The van der Waals surface area contributed by atoms with Gasteiger partial charge in [-0.1, -0.05) is 19.4 Å². The minimum Gasteiger partial charge on any atom is -0.374 e. The van der Waals surface area contributed by atoms with Gasteiger partial charge in [0.2, 0.25) is 0 Å². The second-order valence-corrected chi connectivity index (χ2v) is 6.38. The molecule has 0 saturated carbocycles. The van der Waals surface area contributed by atoms with E-state index in [-0.39, 0.29) is 0 Å². The molecule has 1 aromatic carbocycles. The van der Waals surface area contributed by atoms with Crippen molar-refractivity contribution in [2.45, 2.75) is 40.0 Å². The number of hydrogen-bond donors (Lipinski definition) is 1. The van der Waals surface area contributed by atoms with Crippen molar-refractivity contribution < 1.29 is 0 Å². The smallest absolute Gasteiger partial charge is 0.0369 e. The molecule has 2 rings (SSSR count). The van der Waals surface area contributed by atoms with Crippen molar-refractivity contribution >= 4 is 5.69 Å². The van der Waals surface area contributed by atoms with E-state index in [2.05, 4.69) is 56.2 Å². The van der Waals surface area contributed by atoms with Crippen LogP contribution in [0, 0.1) is 19.3 Å². The minimum atomic E-state index is 0.473. The number of anilines is 1. The molecule has 1 fully saturated rings. The Balaban J connectivity index is 2.12. The molecular formula is C17H28N2. The fourth-order valence-electron chi connectivity index (χ4n) is 3.52. The Morgan fingerprint density at radius 1 is 1.21 bits per heavy atom. The molecule has 0 aliphatic carbocycles. The summed E-state index contributed by atoms with van der Waals surface area (Å²) in [6.07, 6.45) is 3.92. The van der Waals surface area contributed by atoms with Crippen molar-refractivity contribution in [1.82, 2.24) is 5.32 Å². The van der Waals surface area contributed by atoms with Crippen LogP contribution < -0.4 is 10.2 Å². The molecule has 1 atom stereocenters.